The van der Waals surface area contributed by atoms with Crippen LogP contribution < -0.4 is 19.9 Å². The van der Waals surface area contributed by atoms with Crippen LogP contribution in [-0.2, 0) is 11.3 Å². The molecule has 2 fully saturated rings. The summed E-state index contributed by atoms with van der Waals surface area (Å²) >= 11 is 0. The number of ether oxygens (including phenoxy) is 3. The van der Waals surface area contributed by atoms with Gasteiger partial charge < -0.3 is 24.1 Å². The molecule has 2 aliphatic heterocycles. The molecule has 4 aromatic rings. The van der Waals surface area contributed by atoms with Gasteiger partial charge in [0.15, 0.2) is 17.3 Å². The topological polar surface area (TPSA) is 111 Å². The third-order valence-electron chi connectivity index (χ3n) is 7.68. The average molecular weight is 532 g/mol. The summed E-state index contributed by atoms with van der Waals surface area (Å²) in [5.74, 6) is 1.80. The Morgan fingerprint density at radius 3 is 2.54 bits per heavy atom. The number of H-pyrrole nitrogens is 1. The smallest absolute Gasteiger partial charge is 0.253 e. The number of hydrogen-bond acceptors (Lipinski definition) is 9. The molecule has 0 radical (unpaired) electrons. The minimum absolute atomic E-state index is 0.0643. The number of rotatable bonds is 8. The molecule has 204 valence electrons. The Kier molecular flexibility index (Phi) is 7.16. The molecule has 0 amide bonds. The number of aromatic nitrogens is 5. The first-order chi connectivity index (χ1) is 19.1. The van der Waals surface area contributed by atoms with Gasteiger partial charge in [-0.05, 0) is 47.5 Å². The SMILES string of the molecule is COc1cc2cc([C@@H](c3nnnn3C[C@@H]3CCCO3)N3CCN(c4ccccc4)CC3)c(=O)[nH]c2cc1OC. The fourth-order valence-electron chi connectivity index (χ4n) is 5.65. The van der Waals surface area contributed by atoms with Crippen molar-refractivity contribution in [1.82, 2.24) is 30.1 Å². The fraction of sp³-hybridized carbons (Fsp3) is 0.429. The molecule has 39 heavy (non-hydrogen) atoms. The van der Waals surface area contributed by atoms with Gasteiger partial charge in [-0.15, -0.1) is 5.10 Å². The lowest BCUT2D eigenvalue weighted by Gasteiger charge is -2.39. The zero-order valence-electron chi connectivity index (χ0n) is 22.2. The van der Waals surface area contributed by atoms with E-state index < -0.39 is 6.04 Å². The van der Waals surface area contributed by atoms with E-state index in [9.17, 15) is 4.79 Å². The predicted molar refractivity (Wildman–Crippen MR) is 147 cm³/mol. The van der Waals surface area contributed by atoms with Crippen molar-refractivity contribution in [3.05, 3.63) is 70.3 Å². The lowest BCUT2D eigenvalue weighted by Crippen LogP contribution is -2.49. The normalized spacial score (nSPS) is 18.9. The maximum absolute atomic E-state index is 13.6. The number of methoxy groups -OCH3 is 2. The van der Waals surface area contributed by atoms with Crippen LogP contribution in [0.1, 0.15) is 30.3 Å². The molecule has 0 bridgehead atoms. The Morgan fingerprint density at radius 1 is 1.05 bits per heavy atom. The quantitative estimate of drug-likeness (QED) is 0.367. The van der Waals surface area contributed by atoms with E-state index in [1.54, 1.807) is 20.3 Å². The van der Waals surface area contributed by atoms with E-state index in [0.29, 0.717) is 34.9 Å². The average Bonchev–Trinajstić information content (AvgIpc) is 3.66. The molecule has 0 saturated carbocycles. The number of nitrogens with one attached hydrogen (secondary N) is 1. The van der Waals surface area contributed by atoms with E-state index >= 15 is 0 Å². The number of anilines is 1. The van der Waals surface area contributed by atoms with E-state index in [4.69, 9.17) is 14.2 Å². The Bertz CT molecular complexity index is 1470. The standard InChI is InChI=1S/C28H33N7O4/c1-37-24-16-19-15-22(28(36)29-23(19)17-25(24)38-2)26(27-30-31-32-35(27)18-21-9-6-14-39-21)34-12-10-33(11-13-34)20-7-4-3-5-8-20/h3-5,7-8,15-17,21,26H,6,9-14,18H2,1-2H3,(H,29,36)/t21-,26-/m0/s1. The number of para-hydroxylation sites is 1. The van der Waals surface area contributed by atoms with Gasteiger partial charge in [0.05, 0.1) is 32.4 Å². The Morgan fingerprint density at radius 2 is 1.82 bits per heavy atom. The van der Waals surface area contributed by atoms with Crippen LogP contribution >= 0.6 is 0 Å². The van der Waals surface area contributed by atoms with Crippen LogP contribution in [0.2, 0.25) is 0 Å². The number of aromatic amines is 1. The molecule has 2 saturated heterocycles. The number of pyridine rings is 1. The van der Waals surface area contributed by atoms with Crippen LogP contribution in [0.5, 0.6) is 11.5 Å². The summed E-state index contributed by atoms with van der Waals surface area (Å²) in [5, 5.41) is 13.7. The number of tetrazole rings is 1. The molecule has 0 spiro atoms. The highest BCUT2D eigenvalue weighted by Crippen LogP contribution is 2.34. The van der Waals surface area contributed by atoms with Gasteiger partial charge in [0.2, 0.25) is 0 Å². The minimum atomic E-state index is -0.430. The maximum atomic E-state index is 13.6. The Hall–Kier alpha value is -3.96. The number of piperazine rings is 1. The summed E-state index contributed by atoms with van der Waals surface area (Å²) in [6, 6.07) is 15.6. The van der Waals surface area contributed by atoms with Crippen LogP contribution in [0.25, 0.3) is 10.9 Å². The van der Waals surface area contributed by atoms with Gasteiger partial charge in [0.25, 0.3) is 5.56 Å². The van der Waals surface area contributed by atoms with Crippen molar-refractivity contribution in [2.24, 2.45) is 0 Å². The molecule has 2 aliphatic rings. The second kappa shape index (κ2) is 11.0. The lowest BCUT2D eigenvalue weighted by atomic mass is 10.0. The van der Waals surface area contributed by atoms with E-state index in [1.165, 1.54) is 5.69 Å². The molecule has 11 heteroatoms. The van der Waals surface area contributed by atoms with Crippen molar-refractivity contribution in [2.45, 2.75) is 31.5 Å². The Balaban J connectivity index is 1.39. The van der Waals surface area contributed by atoms with Gasteiger partial charge in [-0.1, -0.05) is 18.2 Å². The highest BCUT2D eigenvalue weighted by molar-refractivity contribution is 5.83. The van der Waals surface area contributed by atoms with Crippen LogP contribution in [0, 0.1) is 0 Å². The summed E-state index contributed by atoms with van der Waals surface area (Å²) in [6.45, 7) is 4.45. The fourth-order valence-corrected chi connectivity index (χ4v) is 5.65. The number of fused-ring (bicyclic) bond motifs is 1. The molecule has 4 heterocycles. The summed E-state index contributed by atoms with van der Waals surface area (Å²) in [5.41, 5.74) is 2.28. The lowest BCUT2D eigenvalue weighted by molar-refractivity contribution is 0.0906. The molecule has 1 N–H and O–H groups in total. The van der Waals surface area contributed by atoms with Crippen molar-refractivity contribution in [2.75, 3.05) is 51.9 Å². The van der Waals surface area contributed by atoms with Crippen LogP contribution in [0.15, 0.2) is 53.3 Å². The third kappa shape index (κ3) is 5.07. The zero-order chi connectivity index (χ0) is 26.8. The van der Waals surface area contributed by atoms with E-state index in [1.807, 2.05) is 22.9 Å². The molecule has 11 nitrogen and oxygen atoms in total. The van der Waals surface area contributed by atoms with Crippen LogP contribution in [-0.4, -0.2) is 83.2 Å². The summed E-state index contributed by atoms with van der Waals surface area (Å²) in [6.07, 6.45) is 2.06. The van der Waals surface area contributed by atoms with Crippen molar-refractivity contribution >= 4 is 16.6 Å². The second-order valence-corrected chi connectivity index (χ2v) is 9.96. The zero-order valence-corrected chi connectivity index (χ0v) is 22.2. The highest BCUT2D eigenvalue weighted by Gasteiger charge is 2.33. The monoisotopic (exact) mass is 531 g/mol. The van der Waals surface area contributed by atoms with Crippen molar-refractivity contribution in [3.63, 3.8) is 0 Å². The first-order valence-electron chi connectivity index (χ1n) is 13.3. The van der Waals surface area contributed by atoms with Crippen LogP contribution in [0.3, 0.4) is 0 Å². The largest absolute Gasteiger partial charge is 0.493 e. The van der Waals surface area contributed by atoms with Crippen LogP contribution in [0.4, 0.5) is 5.69 Å². The maximum Gasteiger partial charge on any atom is 0.253 e. The third-order valence-corrected chi connectivity index (χ3v) is 7.68. The van der Waals surface area contributed by atoms with Gasteiger partial charge in [-0.2, -0.15) is 0 Å². The Labute approximate surface area is 226 Å². The molecule has 2 aromatic carbocycles. The van der Waals surface area contributed by atoms with Gasteiger partial charge >= 0.3 is 0 Å². The van der Waals surface area contributed by atoms with E-state index in [2.05, 4.69) is 54.6 Å². The van der Waals surface area contributed by atoms with E-state index in [0.717, 1.165) is 51.0 Å². The summed E-state index contributed by atoms with van der Waals surface area (Å²) in [7, 11) is 3.18. The van der Waals surface area contributed by atoms with Gasteiger partial charge in [-0.25, -0.2) is 4.68 Å². The highest BCUT2D eigenvalue weighted by atomic mass is 16.5. The summed E-state index contributed by atoms with van der Waals surface area (Å²) < 4.78 is 18.6. The van der Waals surface area contributed by atoms with Crippen molar-refractivity contribution in [1.29, 1.82) is 0 Å². The molecule has 0 unspecified atom stereocenters. The molecular weight excluding hydrogens is 498 g/mol. The van der Waals surface area contributed by atoms with Crippen molar-refractivity contribution < 1.29 is 14.2 Å². The first-order valence-corrected chi connectivity index (χ1v) is 13.3. The first kappa shape index (κ1) is 25.3. The molecule has 2 atom stereocenters. The number of benzene rings is 2. The van der Waals surface area contributed by atoms with E-state index in [-0.39, 0.29) is 11.7 Å². The molecule has 0 aliphatic carbocycles. The summed E-state index contributed by atoms with van der Waals surface area (Å²) in [4.78, 5) is 21.4. The molecule has 2 aromatic heterocycles. The number of hydrogen-bond donors (Lipinski definition) is 1. The molecule has 6 rings (SSSR count). The second-order valence-electron chi connectivity index (χ2n) is 9.96. The molecular formula is C28H33N7O4. The predicted octanol–water partition coefficient (Wildman–Crippen LogP) is 2.62. The van der Waals surface area contributed by atoms with Gasteiger partial charge in [-0.3, -0.25) is 9.69 Å². The van der Waals surface area contributed by atoms with Gasteiger partial charge in [0, 0.05) is 55.5 Å². The minimum Gasteiger partial charge on any atom is -0.493 e. The van der Waals surface area contributed by atoms with Gasteiger partial charge in [0.1, 0.15) is 6.04 Å². The number of nitrogens with zero attached hydrogens (tertiary/aromatic N) is 6. The van der Waals surface area contributed by atoms with Crippen molar-refractivity contribution in [3.8, 4) is 11.5 Å².